The molecule has 0 saturated heterocycles. The van der Waals surface area contributed by atoms with Crippen LogP contribution >= 0.6 is 11.3 Å². The van der Waals surface area contributed by atoms with Crippen LogP contribution in [-0.4, -0.2) is 39.0 Å². The van der Waals surface area contributed by atoms with Gasteiger partial charge >= 0.3 is 0 Å². The van der Waals surface area contributed by atoms with Crippen molar-refractivity contribution in [2.24, 2.45) is 4.99 Å². The Morgan fingerprint density at radius 2 is 1.81 bits per heavy atom. The predicted molar refractivity (Wildman–Crippen MR) is 111 cm³/mol. The van der Waals surface area contributed by atoms with E-state index in [1.807, 2.05) is 27.7 Å². The van der Waals surface area contributed by atoms with E-state index in [0.29, 0.717) is 19.0 Å². The first-order valence-corrected chi connectivity index (χ1v) is 11.1. The Morgan fingerprint density at radius 1 is 1.11 bits per heavy atom. The van der Waals surface area contributed by atoms with Crippen molar-refractivity contribution in [3.05, 3.63) is 45.4 Å². The Kier molecular flexibility index (Phi) is 7.76. The Bertz CT molecular complexity index is 874. The zero-order valence-electron chi connectivity index (χ0n) is 16.2. The number of benzene rings is 1. The van der Waals surface area contributed by atoms with Crippen LogP contribution in [-0.2, 0) is 16.6 Å². The number of aliphatic imine (C=N–C) groups is 1. The number of aromatic nitrogens is 1. The van der Waals surface area contributed by atoms with E-state index in [0.717, 1.165) is 27.7 Å². The maximum Gasteiger partial charge on any atom is 0.240 e. The highest BCUT2D eigenvalue weighted by molar-refractivity contribution is 7.89. The van der Waals surface area contributed by atoms with E-state index in [2.05, 4.69) is 25.3 Å². The third kappa shape index (κ3) is 6.60. The molecule has 0 atom stereocenters. The van der Waals surface area contributed by atoms with E-state index in [1.54, 1.807) is 35.6 Å². The van der Waals surface area contributed by atoms with Gasteiger partial charge in [-0.15, -0.1) is 11.3 Å². The summed E-state index contributed by atoms with van der Waals surface area (Å²) in [5.41, 5.74) is 2.02. The number of aryl methyl sites for hydroxylation is 3. The van der Waals surface area contributed by atoms with Crippen molar-refractivity contribution in [2.75, 3.05) is 19.6 Å². The lowest BCUT2D eigenvalue weighted by Crippen LogP contribution is -2.41. The molecule has 148 valence electrons. The SMILES string of the molecule is CCNC(=NCc1sc(C)nc1C)NCCNS(=O)(=O)c1ccc(C)cc1. The van der Waals surface area contributed by atoms with Gasteiger partial charge in [-0.3, -0.25) is 0 Å². The summed E-state index contributed by atoms with van der Waals surface area (Å²) in [6, 6.07) is 6.78. The van der Waals surface area contributed by atoms with Crippen molar-refractivity contribution < 1.29 is 8.42 Å². The summed E-state index contributed by atoms with van der Waals surface area (Å²) in [6.07, 6.45) is 0. The largest absolute Gasteiger partial charge is 0.357 e. The van der Waals surface area contributed by atoms with Crippen LogP contribution in [0.15, 0.2) is 34.2 Å². The van der Waals surface area contributed by atoms with Gasteiger partial charge in [0.2, 0.25) is 10.0 Å². The fourth-order valence-electron chi connectivity index (χ4n) is 2.38. The number of hydrogen-bond donors (Lipinski definition) is 3. The lowest BCUT2D eigenvalue weighted by atomic mass is 10.2. The maximum absolute atomic E-state index is 12.3. The van der Waals surface area contributed by atoms with E-state index in [-0.39, 0.29) is 11.4 Å². The Morgan fingerprint density at radius 3 is 2.41 bits per heavy atom. The van der Waals surface area contributed by atoms with Crippen LogP contribution in [0.2, 0.25) is 0 Å². The summed E-state index contributed by atoms with van der Waals surface area (Å²) in [6.45, 7) is 9.83. The maximum atomic E-state index is 12.3. The van der Waals surface area contributed by atoms with Crippen LogP contribution in [0.1, 0.15) is 28.1 Å². The van der Waals surface area contributed by atoms with Crippen LogP contribution < -0.4 is 15.4 Å². The fraction of sp³-hybridized carbons (Fsp3) is 0.444. The van der Waals surface area contributed by atoms with Gasteiger partial charge in [-0.2, -0.15) is 0 Å². The molecule has 0 saturated carbocycles. The molecule has 0 aliphatic rings. The molecule has 2 rings (SSSR count). The molecule has 0 spiro atoms. The molecule has 9 heteroatoms. The highest BCUT2D eigenvalue weighted by Gasteiger charge is 2.12. The molecule has 0 unspecified atom stereocenters. The number of guanidine groups is 1. The van der Waals surface area contributed by atoms with Gasteiger partial charge in [0.15, 0.2) is 5.96 Å². The van der Waals surface area contributed by atoms with Crippen LogP contribution in [0.25, 0.3) is 0 Å². The highest BCUT2D eigenvalue weighted by Crippen LogP contribution is 2.17. The monoisotopic (exact) mass is 409 g/mol. The van der Waals surface area contributed by atoms with Crippen molar-refractivity contribution >= 4 is 27.3 Å². The summed E-state index contributed by atoms with van der Waals surface area (Å²) < 4.78 is 27.1. The smallest absolute Gasteiger partial charge is 0.240 e. The lowest BCUT2D eigenvalue weighted by Gasteiger charge is -2.12. The van der Waals surface area contributed by atoms with Gasteiger partial charge in [0.25, 0.3) is 0 Å². The second-order valence-electron chi connectivity index (χ2n) is 6.07. The van der Waals surface area contributed by atoms with Crippen LogP contribution in [0.5, 0.6) is 0 Å². The highest BCUT2D eigenvalue weighted by atomic mass is 32.2. The Balaban J connectivity index is 1.87. The summed E-state index contributed by atoms with van der Waals surface area (Å²) in [4.78, 5) is 10.3. The molecule has 0 amide bonds. The topological polar surface area (TPSA) is 95.5 Å². The van der Waals surface area contributed by atoms with Crippen molar-refractivity contribution in [2.45, 2.75) is 39.1 Å². The molecule has 2 aromatic rings. The zero-order valence-corrected chi connectivity index (χ0v) is 17.8. The second kappa shape index (κ2) is 9.82. The minimum atomic E-state index is -3.50. The number of thiazole rings is 1. The van der Waals surface area contributed by atoms with Crippen LogP contribution in [0, 0.1) is 20.8 Å². The lowest BCUT2D eigenvalue weighted by molar-refractivity contribution is 0.580. The molecule has 1 aromatic heterocycles. The first-order valence-electron chi connectivity index (χ1n) is 8.83. The molecular formula is C18H27N5O2S2. The molecule has 7 nitrogen and oxygen atoms in total. The Hall–Kier alpha value is -1.97. The van der Waals surface area contributed by atoms with Gasteiger partial charge in [-0.05, 0) is 39.8 Å². The van der Waals surface area contributed by atoms with Gasteiger partial charge < -0.3 is 10.6 Å². The normalized spacial score (nSPS) is 12.2. The van der Waals surface area contributed by atoms with Crippen molar-refractivity contribution in [1.29, 1.82) is 0 Å². The summed E-state index contributed by atoms with van der Waals surface area (Å²) in [5, 5.41) is 7.34. The molecule has 0 fully saturated rings. The average Bonchev–Trinajstić information content (AvgIpc) is 2.94. The van der Waals surface area contributed by atoms with Crippen molar-refractivity contribution in [3.63, 3.8) is 0 Å². The van der Waals surface area contributed by atoms with Gasteiger partial charge in [0, 0.05) is 24.5 Å². The quantitative estimate of drug-likeness (QED) is 0.353. The molecule has 27 heavy (non-hydrogen) atoms. The summed E-state index contributed by atoms with van der Waals surface area (Å²) in [7, 11) is -3.50. The summed E-state index contributed by atoms with van der Waals surface area (Å²) >= 11 is 1.64. The van der Waals surface area contributed by atoms with Crippen LogP contribution in [0.3, 0.4) is 0 Å². The third-order valence-corrected chi connectivity index (χ3v) is 6.30. The van der Waals surface area contributed by atoms with Crippen LogP contribution in [0.4, 0.5) is 0 Å². The van der Waals surface area contributed by atoms with Crippen molar-refractivity contribution in [3.8, 4) is 0 Å². The first-order chi connectivity index (χ1) is 12.8. The van der Waals surface area contributed by atoms with E-state index < -0.39 is 10.0 Å². The molecule has 1 heterocycles. The average molecular weight is 410 g/mol. The number of rotatable bonds is 8. The molecule has 3 N–H and O–H groups in total. The number of nitrogens with zero attached hydrogens (tertiary/aromatic N) is 2. The van der Waals surface area contributed by atoms with E-state index in [4.69, 9.17) is 0 Å². The van der Waals surface area contributed by atoms with Gasteiger partial charge in [-0.25, -0.2) is 23.1 Å². The first kappa shape index (κ1) is 21.3. The second-order valence-corrected chi connectivity index (χ2v) is 9.13. The number of sulfonamides is 1. The summed E-state index contributed by atoms with van der Waals surface area (Å²) in [5.74, 6) is 0.650. The van der Waals surface area contributed by atoms with Gasteiger partial charge in [-0.1, -0.05) is 17.7 Å². The fourth-order valence-corrected chi connectivity index (χ4v) is 4.27. The minimum Gasteiger partial charge on any atom is -0.357 e. The van der Waals surface area contributed by atoms with Gasteiger partial charge in [0.05, 0.1) is 22.1 Å². The van der Waals surface area contributed by atoms with E-state index >= 15 is 0 Å². The number of nitrogens with one attached hydrogen (secondary N) is 3. The molecular weight excluding hydrogens is 382 g/mol. The molecule has 0 aliphatic heterocycles. The van der Waals surface area contributed by atoms with Crippen molar-refractivity contribution in [1.82, 2.24) is 20.3 Å². The standard InChI is InChI=1S/C18H27N5O2S2/c1-5-19-18(21-12-17-14(3)23-15(4)26-17)20-10-11-22-27(24,25)16-8-6-13(2)7-9-16/h6-9,22H,5,10-12H2,1-4H3,(H2,19,20,21). The predicted octanol–water partition coefficient (Wildman–Crippen LogP) is 2.10. The van der Waals surface area contributed by atoms with E-state index in [9.17, 15) is 8.42 Å². The Labute approximate surface area is 165 Å². The van der Waals surface area contributed by atoms with E-state index in [1.165, 1.54) is 0 Å². The van der Waals surface area contributed by atoms with Gasteiger partial charge in [0.1, 0.15) is 0 Å². The molecule has 0 radical (unpaired) electrons. The molecule has 1 aromatic carbocycles. The number of hydrogen-bond acceptors (Lipinski definition) is 5. The minimum absolute atomic E-state index is 0.263. The molecule has 0 bridgehead atoms. The molecule has 0 aliphatic carbocycles. The third-order valence-electron chi connectivity index (χ3n) is 3.77. The zero-order chi connectivity index (χ0) is 19.9.